The van der Waals surface area contributed by atoms with Crippen LogP contribution in [0, 0.1) is 5.92 Å². The summed E-state index contributed by atoms with van der Waals surface area (Å²) in [6.45, 7) is 3.51. The highest BCUT2D eigenvalue weighted by Crippen LogP contribution is 2.33. The lowest BCUT2D eigenvalue weighted by Gasteiger charge is -2.29. The van der Waals surface area contributed by atoms with E-state index in [1.165, 1.54) is 30.3 Å². The fourth-order valence-corrected chi connectivity index (χ4v) is 3.93. The van der Waals surface area contributed by atoms with Crippen LogP contribution in [-0.2, 0) is 11.3 Å². The van der Waals surface area contributed by atoms with Gasteiger partial charge in [0.2, 0.25) is 5.91 Å². The number of carbonyl (C=O) groups excluding carboxylic acids is 3. The van der Waals surface area contributed by atoms with Gasteiger partial charge in [0.25, 0.3) is 11.8 Å². The largest absolute Gasteiger partial charge is 0.573 e. The van der Waals surface area contributed by atoms with Crippen molar-refractivity contribution >= 4 is 40.7 Å². The maximum absolute atomic E-state index is 13.2. The van der Waals surface area contributed by atoms with E-state index >= 15 is 0 Å². The first-order valence-corrected chi connectivity index (χ1v) is 12.1. The van der Waals surface area contributed by atoms with Crippen molar-refractivity contribution in [1.29, 1.82) is 0 Å². The number of nitrogens with zero attached hydrogens (tertiary/aromatic N) is 1. The Hall–Kier alpha value is -4.25. The summed E-state index contributed by atoms with van der Waals surface area (Å²) in [5.74, 6) is -1.65. The quantitative estimate of drug-likeness (QED) is 0.382. The Labute approximate surface area is 226 Å². The van der Waals surface area contributed by atoms with Gasteiger partial charge >= 0.3 is 6.36 Å². The number of ether oxygens (including phenoxy) is 2. The van der Waals surface area contributed by atoms with Crippen LogP contribution in [-0.4, -0.2) is 30.8 Å². The molecule has 12 heteroatoms. The van der Waals surface area contributed by atoms with E-state index in [1.807, 2.05) is 0 Å². The van der Waals surface area contributed by atoms with Crippen LogP contribution in [0.5, 0.6) is 11.5 Å². The second-order valence-electron chi connectivity index (χ2n) is 8.90. The molecule has 39 heavy (non-hydrogen) atoms. The summed E-state index contributed by atoms with van der Waals surface area (Å²) in [5.41, 5.74) is 1.32. The van der Waals surface area contributed by atoms with Gasteiger partial charge in [-0.2, -0.15) is 0 Å². The molecule has 0 bridgehead atoms. The van der Waals surface area contributed by atoms with E-state index < -0.39 is 23.9 Å². The van der Waals surface area contributed by atoms with E-state index in [1.54, 1.807) is 32.0 Å². The zero-order valence-electron chi connectivity index (χ0n) is 20.8. The lowest BCUT2D eigenvalue weighted by Crippen LogP contribution is -2.38. The van der Waals surface area contributed by atoms with Crippen LogP contribution < -0.4 is 25.0 Å². The lowest BCUT2D eigenvalue weighted by molar-refractivity contribution is -0.274. The number of carbonyl (C=O) groups is 3. The molecule has 0 radical (unpaired) electrons. The predicted molar refractivity (Wildman–Crippen MR) is 138 cm³/mol. The molecular weight excluding hydrogens is 539 g/mol. The SMILES string of the molecule is CC(C)C(=O)NCc1ccc(Cl)c(C(=O)Nc2ccc3c(c2)C(=O)N(c2cccc(OC(F)(F)F)c2)CO3)c1. The predicted octanol–water partition coefficient (Wildman–Crippen LogP) is 5.76. The molecule has 4 rings (SSSR count). The van der Waals surface area contributed by atoms with Gasteiger partial charge in [-0.15, -0.1) is 13.2 Å². The first-order chi connectivity index (χ1) is 18.4. The third-order valence-corrected chi connectivity index (χ3v) is 6.02. The normalized spacial score (nSPS) is 13.0. The number of hydrogen-bond acceptors (Lipinski definition) is 5. The summed E-state index contributed by atoms with van der Waals surface area (Å²) in [5, 5.41) is 5.65. The summed E-state index contributed by atoms with van der Waals surface area (Å²) >= 11 is 6.24. The lowest BCUT2D eigenvalue weighted by atomic mass is 10.1. The Morgan fingerprint density at radius 2 is 1.87 bits per heavy atom. The van der Waals surface area contributed by atoms with Gasteiger partial charge in [-0.1, -0.05) is 37.6 Å². The Morgan fingerprint density at radius 1 is 1.10 bits per heavy atom. The highest BCUT2D eigenvalue weighted by Gasteiger charge is 2.32. The van der Waals surface area contributed by atoms with E-state index in [4.69, 9.17) is 16.3 Å². The molecular formula is C27H23ClF3N3O5. The van der Waals surface area contributed by atoms with Crippen molar-refractivity contribution in [2.45, 2.75) is 26.8 Å². The minimum Gasteiger partial charge on any atom is -0.472 e. The second kappa shape index (κ2) is 11.2. The van der Waals surface area contributed by atoms with Gasteiger partial charge in [-0.25, -0.2) is 0 Å². The van der Waals surface area contributed by atoms with Crippen molar-refractivity contribution in [2.24, 2.45) is 5.92 Å². The fraction of sp³-hybridized carbons (Fsp3) is 0.222. The smallest absolute Gasteiger partial charge is 0.472 e. The Bertz CT molecular complexity index is 1430. The van der Waals surface area contributed by atoms with Gasteiger partial charge in [0.05, 0.1) is 21.8 Å². The molecule has 0 aliphatic carbocycles. The second-order valence-corrected chi connectivity index (χ2v) is 9.31. The number of anilines is 2. The standard InChI is InChI=1S/C27H23ClF3N3O5/c1-15(2)24(35)32-13-16-6-8-22(28)20(10-16)25(36)33-17-7-9-23-21(11-17)26(37)34(14-38-23)18-4-3-5-19(12-18)39-27(29,30)31/h3-12,15H,13-14H2,1-2H3,(H,32,35)(H,33,36). The number of halogens is 4. The maximum atomic E-state index is 13.2. The molecule has 0 fully saturated rings. The highest BCUT2D eigenvalue weighted by molar-refractivity contribution is 6.34. The van der Waals surface area contributed by atoms with Crippen LogP contribution in [0.1, 0.15) is 40.1 Å². The van der Waals surface area contributed by atoms with Gasteiger partial charge < -0.3 is 20.1 Å². The van der Waals surface area contributed by atoms with Crippen molar-refractivity contribution in [3.63, 3.8) is 0 Å². The van der Waals surface area contributed by atoms with Crippen LogP contribution in [0.15, 0.2) is 60.7 Å². The number of rotatable bonds is 7. The monoisotopic (exact) mass is 561 g/mol. The van der Waals surface area contributed by atoms with Gasteiger partial charge in [-0.05, 0) is 48.0 Å². The minimum atomic E-state index is -4.88. The highest BCUT2D eigenvalue weighted by atomic mass is 35.5. The molecule has 1 heterocycles. The summed E-state index contributed by atoms with van der Waals surface area (Å²) in [6, 6.07) is 14.2. The topological polar surface area (TPSA) is 97.0 Å². The molecule has 0 atom stereocenters. The number of hydrogen-bond donors (Lipinski definition) is 2. The summed E-state index contributed by atoms with van der Waals surface area (Å²) in [7, 11) is 0. The van der Waals surface area contributed by atoms with E-state index in [9.17, 15) is 27.6 Å². The molecule has 0 aromatic heterocycles. The van der Waals surface area contributed by atoms with Crippen LogP contribution in [0.4, 0.5) is 24.5 Å². The third kappa shape index (κ3) is 6.80. The molecule has 3 amide bonds. The van der Waals surface area contributed by atoms with Crippen LogP contribution in [0.25, 0.3) is 0 Å². The van der Waals surface area contributed by atoms with Crippen LogP contribution in [0.3, 0.4) is 0 Å². The molecule has 0 spiro atoms. The molecule has 1 aliphatic rings. The van der Waals surface area contributed by atoms with E-state index in [-0.39, 0.29) is 58.4 Å². The van der Waals surface area contributed by atoms with Crippen molar-refractivity contribution in [2.75, 3.05) is 16.9 Å². The molecule has 8 nitrogen and oxygen atoms in total. The third-order valence-electron chi connectivity index (χ3n) is 5.69. The molecule has 0 saturated carbocycles. The Morgan fingerprint density at radius 3 is 2.59 bits per heavy atom. The summed E-state index contributed by atoms with van der Waals surface area (Å²) in [6.07, 6.45) is -4.88. The average molecular weight is 562 g/mol. The number of benzene rings is 3. The Kier molecular flexibility index (Phi) is 8.01. The van der Waals surface area contributed by atoms with Crippen LogP contribution >= 0.6 is 11.6 Å². The molecule has 3 aromatic rings. The number of amides is 3. The van der Waals surface area contributed by atoms with Gasteiger partial charge in [-0.3, -0.25) is 19.3 Å². The van der Waals surface area contributed by atoms with Gasteiger partial charge in [0.15, 0.2) is 6.73 Å². The van der Waals surface area contributed by atoms with Crippen molar-refractivity contribution in [3.8, 4) is 11.5 Å². The number of alkyl halides is 3. The van der Waals surface area contributed by atoms with Crippen molar-refractivity contribution < 1.29 is 37.0 Å². The molecule has 2 N–H and O–H groups in total. The zero-order valence-corrected chi connectivity index (χ0v) is 21.5. The van der Waals surface area contributed by atoms with Gasteiger partial charge in [0.1, 0.15) is 11.5 Å². The molecule has 3 aromatic carbocycles. The van der Waals surface area contributed by atoms with Crippen molar-refractivity contribution in [1.82, 2.24) is 5.32 Å². The van der Waals surface area contributed by atoms with Crippen molar-refractivity contribution in [3.05, 3.63) is 82.4 Å². The van der Waals surface area contributed by atoms with E-state index in [0.717, 1.165) is 17.0 Å². The summed E-state index contributed by atoms with van der Waals surface area (Å²) in [4.78, 5) is 39.2. The van der Waals surface area contributed by atoms with Crippen LogP contribution in [0.2, 0.25) is 5.02 Å². The molecule has 1 aliphatic heterocycles. The molecule has 0 unspecified atom stereocenters. The first-order valence-electron chi connectivity index (χ1n) is 11.7. The average Bonchev–Trinajstić information content (AvgIpc) is 2.87. The van der Waals surface area contributed by atoms with Gasteiger partial charge in [0, 0.05) is 24.2 Å². The molecule has 204 valence electrons. The number of fused-ring (bicyclic) bond motifs is 1. The molecule has 0 saturated heterocycles. The van der Waals surface area contributed by atoms with E-state index in [0.29, 0.717) is 5.56 Å². The minimum absolute atomic E-state index is 0.0949. The van der Waals surface area contributed by atoms with E-state index in [2.05, 4.69) is 15.4 Å². The zero-order chi connectivity index (χ0) is 28.3. The maximum Gasteiger partial charge on any atom is 0.573 e. The Balaban J connectivity index is 1.51. The first kappa shape index (κ1) is 27.8. The fourth-order valence-electron chi connectivity index (χ4n) is 3.73. The number of nitrogens with one attached hydrogen (secondary N) is 2. The summed E-state index contributed by atoms with van der Waals surface area (Å²) < 4.78 is 47.4.